The number of aromatic nitrogens is 2. The van der Waals surface area contributed by atoms with E-state index < -0.39 is 0 Å². The summed E-state index contributed by atoms with van der Waals surface area (Å²) in [4.78, 5) is 10.1. The molecule has 1 aliphatic carbocycles. The van der Waals surface area contributed by atoms with Gasteiger partial charge in [0, 0.05) is 5.56 Å². The average Bonchev–Trinajstić information content (AvgIpc) is 3.58. The molecule has 1 aliphatic heterocycles. The molecule has 2 aromatic rings. The molecule has 28 heavy (non-hydrogen) atoms. The SMILES string of the molecule is CCc1nc(-c2cc3c(cc2OC)CCCC3)c(CC)nc1NC(C)C1CO1. The molecule has 0 bridgehead atoms. The lowest BCUT2D eigenvalue weighted by atomic mass is 9.89. The molecule has 0 spiro atoms. The number of nitrogens with one attached hydrogen (secondary N) is 1. The van der Waals surface area contributed by atoms with Crippen molar-refractivity contribution in [3.63, 3.8) is 0 Å². The quantitative estimate of drug-likeness (QED) is 0.722. The van der Waals surface area contributed by atoms with Gasteiger partial charge in [-0.05, 0) is 68.7 Å². The van der Waals surface area contributed by atoms with E-state index in [0.29, 0.717) is 0 Å². The molecule has 1 fully saturated rings. The van der Waals surface area contributed by atoms with Gasteiger partial charge < -0.3 is 14.8 Å². The van der Waals surface area contributed by atoms with E-state index in [1.807, 2.05) is 0 Å². The van der Waals surface area contributed by atoms with Crippen molar-refractivity contribution < 1.29 is 9.47 Å². The van der Waals surface area contributed by atoms with E-state index in [9.17, 15) is 0 Å². The minimum Gasteiger partial charge on any atom is -0.496 e. The Morgan fingerprint density at radius 3 is 2.39 bits per heavy atom. The number of nitrogens with zero attached hydrogens (tertiary/aromatic N) is 2. The van der Waals surface area contributed by atoms with Crippen molar-refractivity contribution in [2.45, 2.75) is 71.4 Å². The van der Waals surface area contributed by atoms with Crippen LogP contribution in [0.3, 0.4) is 0 Å². The lowest BCUT2D eigenvalue weighted by Gasteiger charge is -2.21. The Hall–Kier alpha value is -2.14. The summed E-state index contributed by atoms with van der Waals surface area (Å²) in [5.41, 5.74) is 6.91. The van der Waals surface area contributed by atoms with Gasteiger partial charge in [-0.15, -0.1) is 0 Å². The van der Waals surface area contributed by atoms with Crippen LogP contribution >= 0.6 is 0 Å². The molecule has 2 aliphatic rings. The van der Waals surface area contributed by atoms with Crippen LogP contribution in [0.5, 0.6) is 5.75 Å². The highest BCUT2D eigenvalue weighted by Crippen LogP contribution is 2.37. The van der Waals surface area contributed by atoms with E-state index in [0.717, 1.165) is 66.5 Å². The van der Waals surface area contributed by atoms with Gasteiger partial charge in [0.1, 0.15) is 17.7 Å². The van der Waals surface area contributed by atoms with Crippen LogP contribution in [0.4, 0.5) is 5.82 Å². The summed E-state index contributed by atoms with van der Waals surface area (Å²) in [5.74, 6) is 1.80. The second-order valence-corrected chi connectivity index (χ2v) is 7.85. The van der Waals surface area contributed by atoms with Crippen LogP contribution in [-0.4, -0.2) is 35.8 Å². The number of rotatable bonds is 7. The molecule has 4 rings (SSSR count). The normalized spacial score (nSPS) is 19.1. The number of epoxide rings is 1. The number of ether oxygens (including phenoxy) is 2. The highest BCUT2D eigenvalue weighted by Gasteiger charge is 2.30. The molecular formula is C23H31N3O2. The van der Waals surface area contributed by atoms with Crippen LogP contribution in [0.2, 0.25) is 0 Å². The molecule has 150 valence electrons. The standard InChI is InChI=1S/C23H31N3O2/c1-5-18-22(17-11-15-9-7-8-10-16(15)12-20(17)27-4)25-19(6-2)23(26-18)24-14(3)21-13-28-21/h11-12,14,21H,5-10,13H2,1-4H3,(H,24,26). The monoisotopic (exact) mass is 381 g/mol. The molecule has 1 N–H and O–H groups in total. The smallest absolute Gasteiger partial charge is 0.148 e. The molecule has 1 aromatic heterocycles. The van der Waals surface area contributed by atoms with Gasteiger partial charge in [-0.1, -0.05) is 13.8 Å². The molecule has 0 saturated carbocycles. The fraction of sp³-hybridized carbons (Fsp3) is 0.565. The number of anilines is 1. The van der Waals surface area contributed by atoms with Crippen molar-refractivity contribution in [3.8, 4) is 17.0 Å². The van der Waals surface area contributed by atoms with Crippen LogP contribution in [0, 0.1) is 0 Å². The molecule has 2 heterocycles. The molecule has 0 radical (unpaired) electrons. The van der Waals surface area contributed by atoms with Gasteiger partial charge in [-0.2, -0.15) is 0 Å². The van der Waals surface area contributed by atoms with Gasteiger partial charge in [-0.3, -0.25) is 0 Å². The molecule has 5 heteroatoms. The largest absolute Gasteiger partial charge is 0.496 e. The van der Waals surface area contributed by atoms with E-state index in [1.165, 1.54) is 24.0 Å². The fourth-order valence-electron chi connectivity index (χ4n) is 4.10. The van der Waals surface area contributed by atoms with Crippen molar-refractivity contribution in [2.24, 2.45) is 0 Å². The number of fused-ring (bicyclic) bond motifs is 1. The summed E-state index contributed by atoms with van der Waals surface area (Å²) in [6.45, 7) is 7.24. The summed E-state index contributed by atoms with van der Waals surface area (Å²) in [6.07, 6.45) is 6.75. The Morgan fingerprint density at radius 2 is 1.79 bits per heavy atom. The minimum absolute atomic E-state index is 0.244. The maximum Gasteiger partial charge on any atom is 0.148 e. The predicted molar refractivity (Wildman–Crippen MR) is 112 cm³/mol. The van der Waals surface area contributed by atoms with Crippen molar-refractivity contribution in [2.75, 3.05) is 19.0 Å². The van der Waals surface area contributed by atoms with Crippen molar-refractivity contribution >= 4 is 5.82 Å². The zero-order valence-corrected chi connectivity index (χ0v) is 17.5. The molecule has 0 amide bonds. The summed E-state index contributed by atoms with van der Waals surface area (Å²) < 4.78 is 11.2. The zero-order valence-electron chi connectivity index (χ0n) is 17.5. The van der Waals surface area contributed by atoms with Gasteiger partial charge >= 0.3 is 0 Å². The topological polar surface area (TPSA) is 59.6 Å². The molecule has 5 nitrogen and oxygen atoms in total. The first-order valence-corrected chi connectivity index (χ1v) is 10.6. The lowest BCUT2D eigenvalue weighted by molar-refractivity contribution is 0.389. The van der Waals surface area contributed by atoms with Gasteiger partial charge in [0.15, 0.2) is 0 Å². The Kier molecular flexibility index (Phi) is 5.54. The second-order valence-electron chi connectivity index (χ2n) is 7.85. The first kappa shape index (κ1) is 19.2. The van der Waals surface area contributed by atoms with Crippen LogP contribution in [0.15, 0.2) is 12.1 Å². The number of methoxy groups -OCH3 is 1. The van der Waals surface area contributed by atoms with E-state index in [1.54, 1.807) is 7.11 Å². The van der Waals surface area contributed by atoms with Gasteiger partial charge in [0.05, 0.1) is 36.8 Å². The van der Waals surface area contributed by atoms with Crippen LogP contribution < -0.4 is 10.1 Å². The molecule has 2 atom stereocenters. The van der Waals surface area contributed by atoms with Gasteiger partial charge in [0.2, 0.25) is 0 Å². The van der Waals surface area contributed by atoms with Crippen LogP contribution in [0.25, 0.3) is 11.3 Å². The number of aryl methyl sites for hydroxylation is 4. The highest BCUT2D eigenvalue weighted by molar-refractivity contribution is 5.72. The minimum atomic E-state index is 0.244. The van der Waals surface area contributed by atoms with E-state index >= 15 is 0 Å². The maximum atomic E-state index is 5.77. The summed E-state index contributed by atoms with van der Waals surface area (Å²) in [6, 6.07) is 4.76. The van der Waals surface area contributed by atoms with Crippen molar-refractivity contribution in [1.82, 2.24) is 9.97 Å². The van der Waals surface area contributed by atoms with Gasteiger partial charge in [-0.25, -0.2) is 9.97 Å². The lowest BCUT2D eigenvalue weighted by Crippen LogP contribution is -2.24. The van der Waals surface area contributed by atoms with Crippen LogP contribution in [-0.2, 0) is 30.4 Å². The average molecular weight is 382 g/mol. The third-order valence-corrected chi connectivity index (χ3v) is 5.91. The Balaban J connectivity index is 1.78. The Labute approximate surface area is 167 Å². The predicted octanol–water partition coefficient (Wildman–Crippen LogP) is 4.36. The molecule has 1 saturated heterocycles. The maximum absolute atomic E-state index is 5.77. The van der Waals surface area contributed by atoms with E-state index in [4.69, 9.17) is 19.4 Å². The van der Waals surface area contributed by atoms with E-state index in [2.05, 4.69) is 38.2 Å². The van der Waals surface area contributed by atoms with Gasteiger partial charge in [0.25, 0.3) is 0 Å². The summed E-state index contributed by atoms with van der Waals surface area (Å²) in [7, 11) is 1.75. The third-order valence-electron chi connectivity index (χ3n) is 5.91. The first-order valence-electron chi connectivity index (χ1n) is 10.6. The Bertz CT molecular complexity index is 861. The highest BCUT2D eigenvalue weighted by atomic mass is 16.6. The summed E-state index contributed by atoms with van der Waals surface area (Å²) >= 11 is 0. The zero-order chi connectivity index (χ0) is 19.7. The third kappa shape index (κ3) is 3.72. The van der Waals surface area contributed by atoms with Crippen LogP contribution in [0.1, 0.15) is 56.1 Å². The fourth-order valence-corrected chi connectivity index (χ4v) is 4.10. The van der Waals surface area contributed by atoms with E-state index in [-0.39, 0.29) is 12.1 Å². The number of hydrogen-bond donors (Lipinski definition) is 1. The Morgan fingerprint density at radius 1 is 1.11 bits per heavy atom. The number of benzene rings is 1. The van der Waals surface area contributed by atoms with Crippen molar-refractivity contribution in [3.05, 3.63) is 34.6 Å². The van der Waals surface area contributed by atoms with Crippen molar-refractivity contribution in [1.29, 1.82) is 0 Å². The number of hydrogen-bond acceptors (Lipinski definition) is 5. The second kappa shape index (κ2) is 8.08. The molecular weight excluding hydrogens is 350 g/mol. The summed E-state index contributed by atoms with van der Waals surface area (Å²) in [5, 5.41) is 3.53. The first-order chi connectivity index (χ1) is 13.6. The molecule has 2 unspecified atom stereocenters. The molecule has 1 aromatic carbocycles.